The number of amides is 1. The summed E-state index contributed by atoms with van der Waals surface area (Å²) in [5.74, 6) is 0.845. The van der Waals surface area contributed by atoms with E-state index in [-0.39, 0.29) is 12.1 Å². The molecule has 2 rings (SSSR count). The molecule has 1 fully saturated rings. The Hall–Kier alpha value is -1.78. The van der Waals surface area contributed by atoms with Crippen LogP contribution >= 0.6 is 0 Å². The van der Waals surface area contributed by atoms with Crippen molar-refractivity contribution in [3.63, 3.8) is 0 Å². The van der Waals surface area contributed by atoms with Gasteiger partial charge in [0.1, 0.15) is 11.4 Å². The first-order valence-corrected chi connectivity index (χ1v) is 7.46. The summed E-state index contributed by atoms with van der Waals surface area (Å²) in [5.41, 5.74) is 1.79. The zero-order valence-electron chi connectivity index (χ0n) is 13.6. The molecule has 116 valence electrons. The van der Waals surface area contributed by atoms with Crippen molar-refractivity contribution in [2.75, 3.05) is 18.9 Å². The van der Waals surface area contributed by atoms with Gasteiger partial charge in [0.05, 0.1) is 6.04 Å². The predicted molar refractivity (Wildman–Crippen MR) is 83.4 cm³/mol. The second-order valence-corrected chi connectivity index (χ2v) is 6.51. The first-order valence-electron chi connectivity index (χ1n) is 7.46. The van der Waals surface area contributed by atoms with E-state index in [4.69, 9.17) is 4.74 Å². The maximum absolute atomic E-state index is 12.4. The minimum Gasteiger partial charge on any atom is -0.444 e. The van der Waals surface area contributed by atoms with Crippen molar-refractivity contribution in [1.82, 2.24) is 9.88 Å². The molecule has 1 aromatic rings. The number of nitrogens with one attached hydrogen (secondary N) is 1. The molecule has 2 heterocycles. The van der Waals surface area contributed by atoms with Crippen LogP contribution in [0, 0.1) is 6.92 Å². The average molecular weight is 291 g/mol. The van der Waals surface area contributed by atoms with Crippen LogP contribution in [-0.2, 0) is 4.74 Å². The molecule has 0 bridgehead atoms. The summed E-state index contributed by atoms with van der Waals surface area (Å²) in [6.45, 7) is 8.48. The Bertz CT molecular complexity index is 523. The molecule has 1 aliphatic rings. The number of rotatable bonds is 2. The van der Waals surface area contributed by atoms with Crippen LogP contribution in [0.15, 0.2) is 12.3 Å². The summed E-state index contributed by atoms with van der Waals surface area (Å²) < 4.78 is 5.51. The highest BCUT2D eigenvalue weighted by atomic mass is 16.6. The number of anilines is 1. The van der Waals surface area contributed by atoms with Crippen molar-refractivity contribution in [3.05, 3.63) is 23.4 Å². The maximum atomic E-state index is 12.4. The summed E-state index contributed by atoms with van der Waals surface area (Å²) in [7, 11) is 1.85. The molecule has 0 aliphatic carbocycles. The normalized spacial score (nSPS) is 18.7. The molecule has 0 aromatic carbocycles. The molecule has 0 unspecified atom stereocenters. The third-order valence-corrected chi connectivity index (χ3v) is 3.65. The molecule has 1 N–H and O–H groups in total. The molecule has 5 heteroatoms. The van der Waals surface area contributed by atoms with Gasteiger partial charge in [-0.2, -0.15) is 0 Å². The van der Waals surface area contributed by atoms with E-state index >= 15 is 0 Å². The molecule has 0 radical (unpaired) electrons. The zero-order valence-corrected chi connectivity index (χ0v) is 13.6. The van der Waals surface area contributed by atoms with Gasteiger partial charge in [-0.15, -0.1) is 0 Å². The third kappa shape index (κ3) is 3.65. The van der Waals surface area contributed by atoms with Crippen LogP contribution in [0.1, 0.15) is 50.8 Å². The summed E-state index contributed by atoms with van der Waals surface area (Å²) in [5, 5.41) is 3.03. The van der Waals surface area contributed by atoms with Gasteiger partial charge in [-0.1, -0.05) is 0 Å². The van der Waals surface area contributed by atoms with Crippen molar-refractivity contribution in [3.8, 4) is 0 Å². The second kappa shape index (κ2) is 5.92. The highest BCUT2D eigenvalue weighted by molar-refractivity contribution is 5.69. The Morgan fingerprint density at radius 2 is 2.19 bits per heavy atom. The maximum Gasteiger partial charge on any atom is 0.410 e. The van der Waals surface area contributed by atoms with E-state index in [9.17, 15) is 4.79 Å². The van der Waals surface area contributed by atoms with Gasteiger partial charge in [-0.05, 0) is 57.7 Å². The number of ether oxygens (including phenoxy) is 1. The first kappa shape index (κ1) is 15.6. The first-order chi connectivity index (χ1) is 9.81. The van der Waals surface area contributed by atoms with Crippen molar-refractivity contribution < 1.29 is 9.53 Å². The molecule has 5 nitrogen and oxygen atoms in total. The third-order valence-electron chi connectivity index (χ3n) is 3.65. The Balaban J connectivity index is 2.20. The van der Waals surface area contributed by atoms with E-state index in [1.807, 2.05) is 45.0 Å². The molecule has 0 spiro atoms. The number of aromatic nitrogens is 1. The molecular formula is C16H25N3O2. The molecule has 1 aromatic heterocycles. The minimum atomic E-state index is -0.465. The molecule has 0 saturated carbocycles. The number of hydrogen-bond acceptors (Lipinski definition) is 4. The van der Waals surface area contributed by atoms with E-state index in [1.165, 1.54) is 0 Å². The van der Waals surface area contributed by atoms with E-state index in [1.54, 1.807) is 0 Å². The van der Waals surface area contributed by atoms with Gasteiger partial charge in [0.25, 0.3) is 0 Å². The van der Waals surface area contributed by atoms with Gasteiger partial charge in [0, 0.05) is 19.8 Å². The number of aryl methyl sites for hydroxylation is 1. The van der Waals surface area contributed by atoms with Crippen LogP contribution in [0.2, 0.25) is 0 Å². The fourth-order valence-electron chi connectivity index (χ4n) is 2.68. The van der Waals surface area contributed by atoms with Crippen LogP contribution in [0.5, 0.6) is 0 Å². The Morgan fingerprint density at radius 3 is 2.76 bits per heavy atom. The van der Waals surface area contributed by atoms with Crippen LogP contribution in [0.3, 0.4) is 0 Å². The van der Waals surface area contributed by atoms with Gasteiger partial charge in [0.15, 0.2) is 0 Å². The van der Waals surface area contributed by atoms with Crippen molar-refractivity contribution in [2.24, 2.45) is 0 Å². The lowest BCUT2D eigenvalue weighted by Gasteiger charge is -2.29. The quantitative estimate of drug-likeness (QED) is 0.906. The van der Waals surface area contributed by atoms with E-state index in [0.29, 0.717) is 0 Å². The Labute approximate surface area is 126 Å². The van der Waals surface area contributed by atoms with Crippen LogP contribution in [0.25, 0.3) is 0 Å². The second-order valence-electron chi connectivity index (χ2n) is 6.51. The average Bonchev–Trinajstić information content (AvgIpc) is 2.85. The number of pyridine rings is 1. The minimum absolute atomic E-state index is 0.0678. The molecule has 1 saturated heterocycles. The zero-order chi connectivity index (χ0) is 15.6. The van der Waals surface area contributed by atoms with Gasteiger partial charge in [-0.3, -0.25) is 0 Å². The van der Waals surface area contributed by atoms with Crippen LogP contribution in [0.4, 0.5) is 10.6 Å². The fraction of sp³-hybridized carbons (Fsp3) is 0.625. The molecular weight excluding hydrogens is 266 g/mol. The van der Waals surface area contributed by atoms with E-state index < -0.39 is 5.60 Å². The highest BCUT2D eigenvalue weighted by Gasteiger charge is 2.34. The molecule has 1 atom stereocenters. The molecule has 1 amide bonds. The van der Waals surface area contributed by atoms with Gasteiger partial charge in [0.2, 0.25) is 0 Å². The standard InChI is InChI=1S/C16H25N3O2/c1-11-9-14(17-5)18-10-12(11)13-7-6-8-19(13)15(20)21-16(2,3)4/h9-10,13H,6-8H2,1-5H3,(H,17,18)/t13-/m1/s1. The smallest absolute Gasteiger partial charge is 0.410 e. The molecule has 1 aliphatic heterocycles. The van der Waals surface area contributed by atoms with Gasteiger partial charge >= 0.3 is 6.09 Å². The van der Waals surface area contributed by atoms with Gasteiger partial charge < -0.3 is 15.0 Å². The predicted octanol–water partition coefficient (Wildman–Crippen LogP) is 3.50. The lowest BCUT2D eigenvalue weighted by molar-refractivity contribution is 0.0224. The fourth-order valence-corrected chi connectivity index (χ4v) is 2.68. The SMILES string of the molecule is CNc1cc(C)c([C@H]2CCCN2C(=O)OC(C)(C)C)cn1. The van der Waals surface area contributed by atoms with Crippen molar-refractivity contribution in [1.29, 1.82) is 0 Å². The van der Waals surface area contributed by atoms with Crippen molar-refractivity contribution in [2.45, 2.75) is 52.2 Å². The lowest BCUT2D eigenvalue weighted by Crippen LogP contribution is -2.36. The summed E-state index contributed by atoms with van der Waals surface area (Å²) in [6.07, 6.45) is 3.59. The van der Waals surface area contributed by atoms with E-state index in [0.717, 1.165) is 36.3 Å². The van der Waals surface area contributed by atoms with Gasteiger partial charge in [-0.25, -0.2) is 9.78 Å². The number of carbonyl (C=O) groups excluding carboxylic acids is 1. The number of carbonyl (C=O) groups is 1. The topological polar surface area (TPSA) is 54.5 Å². The monoisotopic (exact) mass is 291 g/mol. The van der Waals surface area contributed by atoms with E-state index in [2.05, 4.69) is 17.2 Å². The number of hydrogen-bond donors (Lipinski definition) is 1. The summed E-state index contributed by atoms with van der Waals surface area (Å²) in [4.78, 5) is 18.6. The molecule has 21 heavy (non-hydrogen) atoms. The summed E-state index contributed by atoms with van der Waals surface area (Å²) in [6, 6.07) is 2.08. The highest BCUT2D eigenvalue weighted by Crippen LogP contribution is 2.34. The van der Waals surface area contributed by atoms with Crippen LogP contribution < -0.4 is 5.32 Å². The Morgan fingerprint density at radius 1 is 1.48 bits per heavy atom. The Kier molecular flexibility index (Phi) is 4.40. The van der Waals surface area contributed by atoms with Crippen molar-refractivity contribution >= 4 is 11.9 Å². The number of likely N-dealkylation sites (tertiary alicyclic amines) is 1. The largest absolute Gasteiger partial charge is 0.444 e. The van der Waals surface area contributed by atoms with Crippen LogP contribution in [-0.4, -0.2) is 35.2 Å². The number of nitrogens with zero attached hydrogens (tertiary/aromatic N) is 2. The summed E-state index contributed by atoms with van der Waals surface area (Å²) >= 11 is 0. The lowest BCUT2D eigenvalue weighted by atomic mass is 10.0.